The van der Waals surface area contributed by atoms with Crippen LogP contribution in [0.1, 0.15) is 19.3 Å². The zero-order valence-electron chi connectivity index (χ0n) is 4.72. The molecule has 0 aliphatic rings. The Labute approximate surface area is 54.9 Å². The van der Waals surface area contributed by atoms with E-state index in [4.69, 9.17) is 5.73 Å². The normalized spacial score (nSPS) is 9.12. The summed E-state index contributed by atoms with van der Waals surface area (Å²) in [5, 5.41) is 0. The number of nitrogens with two attached hydrogens (primary N) is 1. The van der Waals surface area contributed by atoms with Crippen molar-refractivity contribution in [3.8, 4) is 0 Å². The van der Waals surface area contributed by atoms with Gasteiger partial charge >= 0.3 is 0 Å². The number of carbonyl (C=O) groups is 1. The lowest BCUT2D eigenvalue weighted by Gasteiger charge is -1.89. The molecule has 0 unspecified atom stereocenters. The lowest BCUT2D eigenvalue weighted by atomic mass is 10.2. The first kappa shape index (κ1) is 7.82. The molecule has 0 fully saturated rings. The molecule has 2 nitrogen and oxygen atoms in total. The van der Waals surface area contributed by atoms with Crippen molar-refractivity contribution < 1.29 is 4.79 Å². The van der Waals surface area contributed by atoms with E-state index in [2.05, 4.69) is 12.6 Å². The van der Waals surface area contributed by atoms with E-state index in [1.165, 1.54) is 0 Å². The Kier molecular flexibility index (Phi) is 4.85. The number of hydrogen-bond donors (Lipinski definition) is 1. The number of amides is 1. The summed E-state index contributed by atoms with van der Waals surface area (Å²) in [6.45, 7) is 0. The van der Waals surface area contributed by atoms with Gasteiger partial charge in [-0.25, -0.2) is 0 Å². The maximum absolute atomic E-state index is 10.1. The summed E-state index contributed by atoms with van der Waals surface area (Å²) in [6, 6.07) is 0. The van der Waals surface area contributed by atoms with Crippen molar-refractivity contribution >= 4 is 18.5 Å². The van der Waals surface area contributed by atoms with E-state index in [9.17, 15) is 4.79 Å². The second kappa shape index (κ2) is 4.97. The van der Waals surface area contributed by atoms with E-state index in [1.807, 2.05) is 0 Å². The Hall–Kier alpha value is -0.180. The predicted octanol–water partition coefficient (Wildman–Crippen LogP) is 0.839. The Morgan fingerprint density at radius 3 is 2.50 bits per heavy atom. The minimum absolute atomic E-state index is 0.228. The molecule has 0 spiro atoms. The zero-order chi connectivity index (χ0) is 6.41. The molecule has 0 rings (SSSR count). The third-order valence-electron chi connectivity index (χ3n) is 0.818. The molecule has 0 bridgehead atoms. The molecule has 0 aromatic heterocycles. The lowest BCUT2D eigenvalue weighted by Crippen LogP contribution is -2.09. The van der Waals surface area contributed by atoms with Crippen molar-refractivity contribution in [2.24, 2.45) is 5.73 Å². The lowest BCUT2D eigenvalue weighted by molar-refractivity contribution is -0.118. The highest BCUT2D eigenvalue weighted by molar-refractivity contribution is 7.80. The molecule has 8 heavy (non-hydrogen) atoms. The summed E-state index contributed by atoms with van der Waals surface area (Å²) in [5.74, 6) is 0.501. The van der Waals surface area contributed by atoms with Crippen LogP contribution in [0, 0.1) is 0 Å². The van der Waals surface area contributed by atoms with Crippen LogP contribution in [0.3, 0.4) is 0 Å². The van der Waals surface area contributed by atoms with E-state index in [0.29, 0.717) is 6.42 Å². The minimum Gasteiger partial charge on any atom is -0.370 e. The van der Waals surface area contributed by atoms with Crippen molar-refractivity contribution in [2.45, 2.75) is 19.3 Å². The fourth-order valence-electron chi connectivity index (χ4n) is 0.401. The molecule has 0 aromatic carbocycles. The van der Waals surface area contributed by atoms with Gasteiger partial charge in [-0.05, 0) is 12.8 Å². The molecule has 0 atom stereocenters. The maximum Gasteiger partial charge on any atom is 0.217 e. The largest absolute Gasteiger partial charge is 0.370 e. The molecular formula is C5H10NOS. The van der Waals surface area contributed by atoms with Crippen molar-refractivity contribution in [1.29, 1.82) is 0 Å². The van der Waals surface area contributed by atoms with Crippen LogP contribution in [-0.4, -0.2) is 11.7 Å². The average Bonchev–Trinajstić information content (AvgIpc) is 1.66. The third-order valence-corrected chi connectivity index (χ3v) is 1.11. The van der Waals surface area contributed by atoms with Crippen LogP contribution < -0.4 is 5.73 Å². The fraction of sp³-hybridized carbons (Fsp3) is 0.800. The zero-order valence-corrected chi connectivity index (χ0v) is 5.54. The average molecular weight is 132 g/mol. The fourth-order valence-corrected chi connectivity index (χ4v) is 0.605. The van der Waals surface area contributed by atoms with Gasteiger partial charge in [0.1, 0.15) is 0 Å². The van der Waals surface area contributed by atoms with Crippen molar-refractivity contribution in [2.75, 3.05) is 5.75 Å². The first-order chi connectivity index (χ1) is 3.77. The molecular weight excluding hydrogens is 122 g/mol. The summed E-state index contributed by atoms with van der Waals surface area (Å²) >= 11 is 4.65. The first-order valence-electron chi connectivity index (χ1n) is 2.64. The SMILES string of the molecule is NC(=O)CCCC[S]. The molecule has 0 saturated carbocycles. The molecule has 1 radical (unpaired) electrons. The topological polar surface area (TPSA) is 43.1 Å². The number of primary amides is 1. The highest BCUT2D eigenvalue weighted by atomic mass is 32.1. The molecule has 47 valence electrons. The standard InChI is InChI=1S/C5H10NOS/c6-5(7)3-1-2-4-8/h1-4H2,(H2,6,7). The van der Waals surface area contributed by atoms with E-state index in [1.54, 1.807) is 0 Å². The third kappa shape index (κ3) is 5.82. The molecule has 0 aromatic rings. The highest BCUT2D eigenvalue weighted by Gasteiger charge is 1.90. The predicted molar refractivity (Wildman–Crippen MR) is 35.5 cm³/mol. The van der Waals surface area contributed by atoms with Gasteiger partial charge in [0.05, 0.1) is 0 Å². The number of unbranched alkanes of at least 4 members (excludes halogenated alkanes) is 1. The van der Waals surface area contributed by atoms with Gasteiger partial charge in [0.2, 0.25) is 5.91 Å². The van der Waals surface area contributed by atoms with Crippen LogP contribution in [0.15, 0.2) is 0 Å². The summed E-state index contributed by atoms with van der Waals surface area (Å²) in [6.07, 6.45) is 2.26. The molecule has 3 heteroatoms. The highest BCUT2D eigenvalue weighted by Crippen LogP contribution is 1.94. The quantitative estimate of drug-likeness (QED) is 0.566. The number of carbonyl (C=O) groups excluding carboxylic acids is 1. The summed E-state index contributed by atoms with van der Waals surface area (Å²) in [5.41, 5.74) is 4.86. The number of hydrogen-bond acceptors (Lipinski definition) is 1. The van der Waals surface area contributed by atoms with Crippen LogP contribution in [0.5, 0.6) is 0 Å². The first-order valence-corrected chi connectivity index (χ1v) is 3.21. The summed E-state index contributed by atoms with van der Waals surface area (Å²) in [7, 11) is 0. The van der Waals surface area contributed by atoms with Crippen LogP contribution in [-0.2, 0) is 4.79 Å². The van der Waals surface area contributed by atoms with Gasteiger partial charge in [0, 0.05) is 12.2 Å². The molecule has 0 aliphatic heterocycles. The smallest absolute Gasteiger partial charge is 0.217 e. The van der Waals surface area contributed by atoms with Gasteiger partial charge in [0.15, 0.2) is 0 Å². The summed E-state index contributed by atoms with van der Waals surface area (Å²) in [4.78, 5) is 10.1. The van der Waals surface area contributed by atoms with Gasteiger partial charge in [-0.2, -0.15) is 0 Å². The Morgan fingerprint density at radius 2 is 2.12 bits per heavy atom. The number of rotatable bonds is 4. The second-order valence-electron chi connectivity index (χ2n) is 1.63. The molecule has 1 amide bonds. The van der Waals surface area contributed by atoms with Crippen LogP contribution in [0.2, 0.25) is 0 Å². The Balaban J connectivity index is 2.82. The van der Waals surface area contributed by atoms with Crippen LogP contribution in [0.4, 0.5) is 0 Å². The molecule has 0 aliphatic carbocycles. The van der Waals surface area contributed by atoms with Crippen LogP contribution >= 0.6 is 12.6 Å². The van der Waals surface area contributed by atoms with Crippen molar-refractivity contribution in [3.05, 3.63) is 0 Å². The van der Waals surface area contributed by atoms with Crippen molar-refractivity contribution in [1.82, 2.24) is 0 Å². The second-order valence-corrected chi connectivity index (χ2v) is 2.04. The van der Waals surface area contributed by atoms with Gasteiger partial charge in [-0.3, -0.25) is 4.79 Å². The van der Waals surface area contributed by atoms with E-state index in [-0.39, 0.29) is 5.91 Å². The maximum atomic E-state index is 10.1. The minimum atomic E-state index is -0.228. The van der Waals surface area contributed by atoms with Gasteiger partial charge < -0.3 is 5.73 Å². The summed E-state index contributed by atoms with van der Waals surface area (Å²) < 4.78 is 0. The van der Waals surface area contributed by atoms with Crippen LogP contribution in [0.25, 0.3) is 0 Å². The van der Waals surface area contributed by atoms with Gasteiger partial charge in [-0.1, -0.05) is 12.6 Å². The van der Waals surface area contributed by atoms with E-state index >= 15 is 0 Å². The molecule has 0 saturated heterocycles. The van der Waals surface area contributed by atoms with Gasteiger partial charge in [-0.15, -0.1) is 0 Å². The Bertz CT molecular complexity index is 74.8. The molecule has 2 N–H and O–H groups in total. The van der Waals surface area contributed by atoms with Crippen molar-refractivity contribution in [3.63, 3.8) is 0 Å². The Morgan fingerprint density at radius 1 is 1.50 bits per heavy atom. The van der Waals surface area contributed by atoms with E-state index < -0.39 is 0 Å². The van der Waals surface area contributed by atoms with E-state index in [0.717, 1.165) is 18.6 Å². The van der Waals surface area contributed by atoms with Gasteiger partial charge in [0.25, 0.3) is 0 Å². The molecule has 0 heterocycles. The monoisotopic (exact) mass is 132 g/mol.